The van der Waals surface area contributed by atoms with E-state index in [0.29, 0.717) is 36.9 Å². The molecule has 240 valence electrons. The summed E-state index contributed by atoms with van der Waals surface area (Å²) in [5.41, 5.74) is 6.06. The fourth-order valence-electron chi connectivity index (χ4n) is 4.27. The fraction of sp³-hybridized carbons (Fsp3) is 0.483. The molecule has 2 unspecified atom stereocenters. The third-order valence-electron chi connectivity index (χ3n) is 6.64. The molecule has 44 heavy (non-hydrogen) atoms. The van der Waals surface area contributed by atoms with E-state index in [1.807, 2.05) is 0 Å². The van der Waals surface area contributed by atoms with E-state index in [9.17, 15) is 33.6 Å². The zero-order chi connectivity index (χ0) is 32.6. The van der Waals surface area contributed by atoms with Crippen LogP contribution in [0.25, 0.3) is 0 Å². The quantitative estimate of drug-likeness (QED) is 0.0794. The molecule has 1 heterocycles. The normalized spacial score (nSPS) is 13.8. The molecular formula is C29H40N6O9. The topological polar surface area (TPSA) is 226 Å². The van der Waals surface area contributed by atoms with Crippen molar-refractivity contribution in [2.24, 2.45) is 11.7 Å². The first kappa shape index (κ1) is 35.2. The van der Waals surface area contributed by atoms with Crippen LogP contribution < -0.4 is 27.0 Å². The number of amides is 7. The maximum Gasteiger partial charge on any atom is 0.506 e. The second kappa shape index (κ2) is 17.9. The zero-order valence-electron chi connectivity index (χ0n) is 24.8. The lowest BCUT2D eigenvalue weighted by Gasteiger charge is -2.25. The number of imide groups is 1. The average molecular weight is 617 g/mol. The molecule has 1 aromatic carbocycles. The van der Waals surface area contributed by atoms with Gasteiger partial charge in [-0.15, -0.1) is 0 Å². The average Bonchev–Trinajstić information content (AvgIpc) is 3.28. The van der Waals surface area contributed by atoms with Crippen molar-refractivity contribution in [3.8, 4) is 0 Å². The van der Waals surface area contributed by atoms with Gasteiger partial charge in [0.25, 0.3) is 11.8 Å². The number of urea groups is 1. The van der Waals surface area contributed by atoms with Crippen LogP contribution in [-0.2, 0) is 35.3 Å². The number of carboxylic acid groups (broad SMARTS) is 1. The molecule has 0 bridgehead atoms. The number of nitrogens with zero attached hydrogens (tertiary/aromatic N) is 1. The van der Waals surface area contributed by atoms with Gasteiger partial charge in [-0.05, 0) is 49.3 Å². The fourth-order valence-corrected chi connectivity index (χ4v) is 4.27. The number of rotatable bonds is 18. The molecule has 1 aromatic rings. The molecule has 1 aliphatic heterocycles. The summed E-state index contributed by atoms with van der Waals surface area (Å²) in [4.78, 5) is 85.0. The Hall–Kier alpha value is -4.95. The molecule has 0 aliphatic carbocycles. The summed E-state index contributed by atoms with van der Waals surface area (Å²) in [6.07, 6.45) is 3.25. The third-order valence-corrected chi connectivity index (χ3v) is 6.64. The van der Waals surface area contributed by atoms with Crippen molar-refractivity contribution in [2.75, 3.05) is 18.4 Å². The van der Waals surface area contributed by atoms with Gasteiger partial charge in [-0.2, -0.15) is 0 Å². The van der Waals surface area contributed by atoms with Crippen molar-refractivity contribution in [2.45, 2.75) is 71.1 Å². The third kappa shape index (κ3) is 12.5. The number of carbonyl (C=O) groups is 7. The second-order valence-electron chi connectivity index (χ2n) is 10.5. The Kier molecular flexibility index (Phi) is 14.3. The van der Waals surface area contributed by atoms with Crippen LogP contribution >= 0.6 is 0 Å². The molecule has 1 aliphatic rings. The molecule has 0 spiro atoms. The highest BCUT2D eigenvalue weighted by Gasteiger charge is 2.29. The lowest BCUT2D eigenvalue weighted by molar-refractivity contribution is -0.137. The Labute approximate surface area is 254 Å². The van der Waals surface area contributed by atoms with E-state index in [4.69, 9.17) is 10.8 Å². The number of unbranched alkanes of at least 4 members (excludes halogenated alkanes) is 2. The Bertz CT molecular complexity index is 1210. The first-order chi connectivity index (χ1) is 20.9. The highest BCUT2D eigenvalue weighted by molar-refractivity contribution is 6.12. The Morgan fingerprint density at radius 3 is 2.16 bits per heavy atom. The summed E-state index contributed by atoms with van der Waals surface area (Å²) in [7, 11) is 0. The number of primary amides is 1. The van der Waals surface area contributed by atoms with Gasteiger partial charge < -0.3 is 36.8 Å². The van der Waals surface area contributed by atoms with Crippen LogP contribution in [0.5, 0.6) is 0 Å². The predicted octanol–water partition coefficient (Wildman–Crippen LogP) is 1.38. The van der Waals surface area contributed by atoms with E-state index < -0.39 is 36.1 Å². The van der Waals surface area contributed by atoms with Gasteiger partial charge in [-0.1, -0.05) is 32.4 Å². The van der Waals surface area contributed by atoms with Crippen molar-refractivity contribution in [1.82, 2.24) is 20.9 Å². The Morgan fingerprint density at radius 1 is 0.909 bits per heavy atom. The summed E-state index contributed by atoms with van der Waals surface area (Å²) in [6.45, 7) is 3.79. The van der Waals surface area contributed by atoms with E-state index in [2.05, 4.69) is 26.0 Å². The Balaban J connectivity index is 1.94. The number of ether oxygens (including phenoxy) is 1. The van der Waals surface area contributed by atoms with E-state index in [1.165, 1.54) is 12.2 Å². The number of benzene rings is 1. The molecule has 0 aromatic heterocycles. The SMILES string of the molecule is CC(C)C(NC(=O)CCCCCN1C(=O)C=CC1=O)C(=O)NC(CCCNC(N)=O)C(=O)Nc1ccc(COC(=O)O)cc1. The minimum Gasteiger partial charge on any atom is -0.450 e. The minimum absolute atomic E-state index is 0.132. The monoisotopic (exact) mass is 616 g/mol. The Morgan fingerprint density at radius 2 is 1.57 bits per heavy atom. The van der Waals surface area contributed by atoms with E-state index >= 15 is 0 Å². The number of nitrogens with two attached hydrogens (primary N) is 1. The van der Waals surface area contributed by atoms with Gasteiger partial charge in [0.2, 0.25) is 17.7 Å². The largest absolute Gasteiger partial charge is 0.506 e. The van der Waals surface area contributed by atoms with E-state index in [0.717, 1.165) is 4.90 Å². The van der Waals surface area contributed by atoms with Crippen LogP contribution in [0.15, 0.2) is 36.4 Å². The van der Waals surface area contributed by atoms with Crippen LogP contribution in [-0.4, -0.2) is 76.9 Å². The van der Waals surface area contributed by atoms with Gasteiger partial charge in [0.1, 0.15) is 18.7 Å². The van der Waals surface area contributed by atoms with Gasteiger partial charge in [-0.3, -0.25) is 28.9 Å². The van der Waals surface area contributed by atoms with Crippen molar-refractivity contribution in [3.63, 3.8) is 0 Å². The summed E-state index contributed by atoms with van der Waals surface area (Å²) >= 11 is 0. The molecule has 0 radical (unpaired) electrons. The zero-order valence-corrected chi connectivity index (χ0v) is 24.8. The minimum atomic E-state index is -1.41. The smallest absolute Gasteiger partial charge is 0.450 e. The van der Waals surface area contributed by atoms with Gasteiger partial charge >= 0.3 is 12.2 Å². The molecule has 0 fully saturated rings. The maximum atomic E-state index is 13.3. The van der Waals surface area contributed by atoms with Crippen LogP contribution in [0.3, 0.4) is 0 Å². The summed E-state index contributed by atoms with van der Waals surface area (Å²) < 4.78 is 4.52. The number of hydrogen-bond acceptors (Lipinski definition) is 8. The van der Waals surface area contributed by atoms with Crippen LogP contribution in [0.1, 0.15) is 57.9 Å². The predicted molar refractivity (Wildman–Crippen MR) is 158 cm³/mol. The molecule has 2 atom stereocenters. The van der Waals surface area contributed by atoms with Gasteiger partial charge in [-0.25, -0.2) is 9.59 Å². The molecular weight excluding hydrogens is 576 g/mol. The van der Waals surface area contributed by atoms with Gasteiger partial charge in [0.05, 0.1) is 0 Å². The molecule has 7 amide bonds. The van der Waals surface area contributed by atoms with Gasteiger partial charge in [0.15, 0.2) is 0 Å². The van der Waals surface area contributed by atoms with Crippen LogP contribution in [0, 0.1) is 5.92 Å². The molecule has 15 nitrogen and oxygen atoms in total. The molecule has 7 N–H and O–H groups in total. The molecule has 0 saturated heterocycles. The summed E-state index contributed by atoms with van der Waals surface area (Å²) in [5, 5.41) is 19.2. The highest BCUT2D eigenvalue weighted by atomic mass is 16.7. The van der Waals surface area contributed by atoms with Crippen LogP contribution in [0.2, 0.25) is 0 Å². The van der Waals surface area contributed by atoms with Crippen molar-refractivity contribution < 1.29 is 43.4 Å². The number of carbonyl (C=O) groups excluding carboxylic acids is 6. The summed E-state index contributed by atoms with van der Waals surface area (Å²) in [5.74, 6) is -2.46. The lowest BCUT2D eigenvalue weighted by atomic mass is 10.0. The first-order valence-electron chi connectivity index (χ1n) is 14.3. The van der Waals surface area contributed by atoms with Crippen molar-refractivity contribution >= 4 is 47.4 Å². The molecule has 15 heteroatoms. The number of hydrogen-bond donors (Lipinski definition) is 6. The maximum absolute atomic E-state index is 13.3. The number of anilines is 1. The number of nitrogens with one attached hydrogen (secondary N) is 4. The standard InChI is InChI=1S/C29H40N6O9/c1-18(2)25(34-22(36)8-4-3-5-16-35-23(37)13-14-24(35)38)27(40)33-21(7-6-15-31-28(30)41)26(39)32-20-11-9-19(10-12-20)17-44-29(42)43/h9-14,18,21,25H,3-8,15-17H2,1-2H3,(H,32,39)(H,33,40)(H,34,36)(H,42,43)(H3,30,31,41). The van der Waals surface area contributed by atoms with E-state index in [-0.39, 0.29) is 56.2 Å². The molecule has 0 saturated carbocycles. The lowest BCUT2D eigenvalue weighted by Crippen LogP contribution is -2.54. The molecule has 2 rings (SSSR count). The first-order valence-corrected chi connectivity index (χ1v) is 14.3. The van der Waals surface area contributed by atoms with Crippen molar-refractivity contribution in [1.29, 1.82) is 0 Å². The highest BCUT2D eigenvalue weighted by Crippen LogP contribution is 2.13. The second-order valence-corrected chi connectivity index (χ2v) is 10.5. The van der Waals surface area contributed by atoms with Gasteiger partial charge in [0, 0.05) is 37.3 Å². The van der Waals surface area contributed by atoms with Crippen LogP contribution in [0.4, 0.5) is 15.3 Å². The van der Waals surface area contributed by atoms with Crippen molar-refractivity contribution in [3.05, 3.63) is 42.0 Å². The summed E-state index contributed by atoms with van der Waals surface area (Å²) in [6, 6.07) is 3.60. The van der Waals surface area contributed by atoms with E-state index in [1.54, 1.807) is 38.1 Å².